The fourth-order valence-electron chi connectivity index (χ4n) is 3.53. The molecule has 0 aliphatic heterocycles. The first-order chi connectivity index (χ1) is 11.3. The monoisotopic (exact) mass is 338 g/mol. The molecular weight excluding hydrogens is 292 g/mol. The fraction of sp³-hybridized carbons (Fsp3) is 0.909. The van der Waals surface area contributed by atoms with Gasteiger partial charge in [-0.15, -0.1) is 6.58 Å². The van der Waals surface area contributed by atoms with E-state index in [1.54, 1.807) is 0 Å². The van der Waals surface area contributed by atoms with E-state index in [1.807, 2.05) is 0 Å². The van der Waals surface area contributed by atoms with Gasteiger partial charge in [0.1, 0.15) is 0 Å². The highest BCUT2D eigenvalue weighted by molar-refractivity contribution is 6.08. The van der Waals surface area contributed by atoms with Crippen LogP contribution in [0.25, 0.3) is 0 Å². The van der Waals surface area contributed by atoms with Gasteiger partial charge in [-0.05, 0) is 12.3 Å². The second kappa shape index (κ2) is 20.0. The summed E-state index contributed by atoms with van der Waals surface area (Å²) >= 11 is 0. The van der Waals surface area contributed by atoms with Gasteiger partial charge in [-0.1, -0.05) is 122 Å². The van der Waals surface area contributed by atoms with E-state index < -0.39 is 0 Å². The van der Waals surface area contributed by atoms with Crippen LogP contribution in [0.4, 0.5) is 0 Å². The summed E-state index contributed by atoms with van der Waals surface area (Å²) in [4.78, 5) is 0. The van der Waals surface area contributed by atoms with Crippen LogP contribution in [0.2, 0.25) is 6.04 Å². The van der Waals surface area contributed by atoms with Gasteiger partial charge in [-0.2, -0.15) is 0 Å². The summed E-state index contributed by atoms with van der Waals surface area (Å²) in [7, 11) is 1.36. The van der Waals surface area contributed by atoms with Crippen LogP contribution in [-0.2, 0) is 0 Å². The van der Waals surface area contributed by atoms with Crippen LogP contribution in [0, 0.1) is 5.92 Å². The van der Waals surface area contributed by atoms with Gasteiger partial charge in [0.2, 0.25) is 0 Å². The Balaban J connectivity index is 3.09. The Morgan fingerprint density at radius 2 is 1.09 bits per heavy atom. The molecule has 1 unspecified atom stereocenters. The molecule has 0 aliphatic carbocycles. The van der Waals surface area contributed by atoms with Gasteiger partial charge in [0, 0.05) is 10.2 Å². The molecule has 0 aliphatic rings. The SMILES string of the molecule is C=CCC(C[SiH3])CCCCCCCCCCCCCCCCC. The Morgan fingerprint density at radius 1 is 0.696 bits per heavy atom. The summed E-state index contributed by atoms with van der Waals surface area (Å²) in [6.45, 7) is 6.18. The molecule has 0 heterocycles. The van der Waals surface area contributed by atoms with Gasteiger partial charge in [0.15, 0.2) is 0 Å². The first kappa shape index (κ1) is 23.0. The van der Waals surface area contributed by atoms with E-state index in [0.717, 1.165) is 5.92 Å². The van der Waals surface area contributed by atoms with E-state index in [4.69, 9.17) is 0 Å². The Kier molecular flexibility index (Phi) is 20.0. The van der Waals surface area contributed by atoms with E-state index >= 15 is 0 Å². The number of unbranched alkanes of at least 4 members (excludes halogenated alkanes) is 14. The van der Waals surface area contributed by atoms with Crippen LogP contribution in [0.3, 0.4) is 0 Å². The molecule has 1 atom stereocenters. The highest BCUT2D eigenvalue weighted by Crippen LogP contribution is 2.18. The molecule has 0 aromatic carbocycles. The molecule has 0 amide bonds. The van der Waals surface area contributed by atoms with E-state index in [2.05, 4.69) is 19.6 Å². The van der Waals surface area contributed by atoms with Crippen molar-refractivity contribution in [2.45, 2.75) is 122 Å². The Hall–Kier alpha value is -0.0431. The lowest BCUT2D eigenvalue weighted by atomic mass is 9.98. The first-order valence-electron chi connectivity index (χ1n) is 11.0. The van der Waals surface area contributed by atoms with Gasteiger partial charge in [-0.3, -0.25) is 0 Å². The van der Waals surface area contributed by atoms with Crippen molar-refractivity contribution in [2.75, 3.05) is 0 Å². The standard InChI is InChI=1S/C22H46Si/c1-3-5-6-7-8-9-10-11-12-13-14-15-16-17-18-20-22(21-23)19-4-2/h4,22H,2-3,5-21H2,1,23H3. The van der Waals surface area contributed by atoms with Crippen LogP contribution in [0.1, 0.15) is 116 Å². The van der Waals surface area contributed by atoms with Crippen molar-refractivity contribution < 1.29 is 0 Å². The normalized spacial score (nSPS) is 12.6. The summed E-state index contributed by atoms with van der Waals surface area (Å²) in [6, 6.07) is 1.46. The Labute approximate surface area is 151 Å². The molecular formula is C22H46Si. The largest absolute Gasteiger partial charge is 0.103 e. The van der Waals surface area contributed by atoms with Crippen molar-refractivity contribution >= 4 is 10.2 Å². The van der Waals surface area contributed by atoms with E-state index in [0.29, 0.717) is 0 Å². The molecule has 0 saturated heterocycles. The quantitative estimate of drug-likeness (QED) is 0.132. The van der Waals surface area contributed by atoms with Crippen LogP contribution in [-0.4, -0.2) is 10.2 Å². The van der Waals surface area contributed by atoms with Gasteiger partial charge >= 0.3 is 0 Å². The van der Waals surface area contributed by atoms with Crippen molar-refractivity contribution in [3.63, 3.8) is 0 Å². The van der Waals surface area contributed by atoms with Crippen molar-refractivity contribution in [3.8, 4) is 0 Å². The van der Waals surface area contributed by atoms with E-state index in [1.165, 1.54) is 125 Å². The number of rotatable bonds is 19. The minimum absolute atomic E-state index is 0.959. The van der Waals surface area contributed by atoms with Gasteiger partial charge in [0.25, 0.3) is 0 Å². The van der Waals surface area contributed by atoms with E-state index in [9.17, 15) is 0 Å². The molecule has 1 heteroatoms. The third-order valence-electron chi connectivity index (χ3n) is 5.29. The van der Waals surface area contributed by atoms with Crippen LogP contribution in [0.15, 0.2) is 12.7 Å². The molecule has 0 spiro atoms. The van der Waals surface area contributed by atoms with Crippen LogP contribution >= 0.6 is 0 Å². The predicted octanol–water partition coefficient (Wildman–Crippen LogP) is 7.22. The summed E-state index contributed by atoms with van der Waals surface area (Å²) in [5.41, 5.74) is 0. The molecule has 0 aromatic rings. The van der Waals surface area contributed by atoms with Gasteiger partial charge < -0.3 is 0 Å². The molecule has 0 N–H and O–H groups in total. The lowest BCUT2D eigenvalue weighted by Crippen LogP contribution is -1.97. The Morgan fingerprint density at radius 3 is 1.43 bits per heavy atom. The lowest BCUT2D eigenvalue weighted by Gasteiger charge is -2.11. The maximum atomic E-state index is 3.89. The third-order valence-corrected chi connectivity index (χ3v) is 6.45. The molecule has 0 nitrogen and oxygen atoms in total. The number of allylic oxidation sites excluding steroid dienone is 1. The zero-order valence-corrected chi connectivity index (χ0v) is 18.6. The molecule has 23 heavy (non-hydrogen) atoms. The minimum atomic E-state index is 0.959. The zero-order valence-electron chi connectivity index (χ0n) is 16.6. The van der Waals surface area contributed by atoms with Crippen molar-refractivity contribution in [3.05, 3.63) is 12.7 Å². The van der Waals surface area contributed by atoms with Crippen LogP contribution < -0.4 is 0 Å². The number of hydrogen-bond acceptors (Lipinski definition) is 0. The molecule has 0 saturated carbocycles. The predicted molar refractivity (Wildman–Crippen MR) is 113 cm³/mol. The van der Waals surface area contributed by atoms with Crippen molar-refractivity contribution in [1.82, 2.24) is 0 Å². The van der Waals surface area contributed by atoms with Crippen molar-refractivity contribution in [1.29, 1.82) is 0 Å². The highest BCUT2D eigenvalue weighted by Gasteiger charge is 2.03. The first-order valence-corrected chi connectivity index (χ1v) is 12.4. The average Bonchev–Trinajstić information content (AvgIpc) is 2.57. The van der Waals surface area contributed by atoms with Crippen LogP contribution in [0.5, 0.6) is 0 Å². The molecule has 138 valence electrons. The zero-order chi connectivity index (χ0) is 17.0. The van der Waals surface area contributed by atoms with Gasteiger partial charge in [-0.25, -0.2) is 0 Å². The molecule has 0 fully saturated rings. The maximum absolute atomic E-state index is 3.89. The molecule has 0 radical (unpaired) electrons. The number of hydrogen-bond donors (Lipinski definition) is 0. The van der Waals surface area contributed by atoms with E-state index in [-0.39, 0.29) is 0 Å². The summed E-state index contributed by atoms with van der Waals surface area (Å²) in [5.74, 6) is 0.959. The average molecular weight is 339 g/mol. The topological polar surface area (TPSA) is 0 Å². The van der Waals surface area contributed by atoms with Gasteiger partial charge in [0.05, 0.1) is 0 Å². The minimum Gasteiger partial charge on any atom is -0.103 e. The summed E-state index contributed by atoms with van der Waals surface area (Å²) in [6.07, 6.45) is 26.8. The summed E-state index contributed by atoms with van der Waals surface area (Å²) < 4.78 is 0. The summed E-state index contributed by atoms with van der Waals surface area (Å²) in [5, 5.41) is 0. The highest BCUT2D eigenvalue weighted by atomic mass is 28.1. The Bertz CT molecular complexity index is 224. The smallest absolute Gasteiger partial charge is 0.00316 e. The van der Waals surface area contributed by atoms with Crippen molar-refractivity contribution in [2.24, 2.45) is 5.92 Å². The second-order valence-electron chi connectivity index (χ2n) is 7.54. The third kappa shape index (κ3) is 18.1. The maximum Gasteiger partial charge on any atom is 0.00316 e. The lowest BCUT2D eigenvalue weighted by molar-refractivity contribution is 0.482. The fourth-order valence-corrected chi connectivity index (χ4v) is 4.27. The molecule has 0 bridgehead atoms. The second-order valence-corrected chi connectivity index (χ2v) is 8.35. The molecule has 0 rings (SSSR count). The molecule has 0 aromatic heterocycles.